The molecule has 9 heteroatoms. The summed E-state index contributed by atoms with van der Waals surface area (Å²) in [5.74, 6) is -0.877. The molecule has 9 nitrogen and oxygen atoms in total. The predicted molar refractivity (Wildman–Crippen MR) is 111 cm³/mol. The molecule has 3 aliphatic heterocycles. The number of fused-ring (bicyclic) bond motifs is 3. The van der Waals surface area contributed by atoms with Crippen LogP contribution in [0.1, 0.15) is 30.7 Å². The van der Waals surface area contributed by atoms with Crippen molar-refractivity contribution in [3.05, 3.63) is 52.2 Å². The molecule has 0 spiro atoms. The van der Waals surface area contributed by atoms with E-state index < -0.39 is 11.9 Å². The lowest BCUT2D eigenvalue weighted by Crippen LogP contribution is -2.32. The highest BCUT2D eigenvalue weighted by Gasteiger charge is 2.34. The van der Waals surface area contributed by atoms with E-state index in [1.54, 1.807) is 9.13 Å². The number of carboxylic acid groups (broad SMARTS) is 1. The van der Waals surface area contributed by atoms with Gasteiger partial charge in [0.15, 0.2) is 5.82 Å². The quantitative estimate of drug-likeness (QED) is 0.581. The number of rotatable bonds is 8. The molecule has 1 aromatic rings. The van der Waals surface area contributed by atoms with Crippen molar-refractivity contribution in [1.82, 2.24) is 19.1 Å². The number of ether oxygens (including phenoxy) is 1. The molecule has 2 N–H and O–H groups in total. The lowest BCUT2D eigenvalue weighted by molar-refractivity contribution is -0.140. The van der Waals surface area contributed by atoms with E-state index in [4.69, 9.17) is 4.74 Å². The first kappa shape index (κ1) is 20.1. The Hall–Kier alpha value is -3.20. The van der Waals surface area contributed by atoms with Gasteiger partial charge in [-0.25, -0.2) is 14.8 Å². The molecule has 30 heavy (non-hydrogen) atoms. The standard InChI is InChI=1S/C21H25N5O4/c1-3-9-25-19-16(23-17(24-19)15(12-30-2)20(27)28)18-22-14(11-26(18)21(25)29)10-13-7-5-4-6-8-13/h4-8,14-15,22H,3,9-12H2,1-2H3,(H,27,28)/t14-,15?/m1/s1. The van der Waals surface area contributed by atoms with Crippen molar-refractivity contribution in [2.24, 2.45) is 0 Å². The van der Waals surface area contributed by atoms with Gasteiger partial charge in [-0.1, -0.05) is 37.3 Å². The van der Waals surface area contributed by atoms with Crippen LogP contribution in [0.25, 0.3) is 11.5 Å². The molecule has 0 bridgehead atoms. The van der Waals surface area contributed by atoms with Gasteiger partial charge in [-0.15, -0.1) is 0 Å². The first-order chi connectivity index (χ1) is 14.5. The molecule has 2 atom stereocenters. The number of carboxylic acids is 1. The lowest BCUT2D eigenvalue weighted by Gasteiger charge is -2.13. The molecule has 1 aromatic carbocycles. The molecule has 0 saturated heterocycles. The summed E-state index contributed by atoms with van der Waals surface area (Å²) in [6.07, 6.45) is 1.51. The number of aromatic nitrogens is 4. The van der Waals surface area contributed by atoms with Gasteiger partial charge in [0, 0.05) is 26.2 Å². The van der Waals surface area contributed by atoms with Crippen LogP contribution in [0.3, 0.4) is 0 Å². The van der Waals surface area contributed by atoms with Crippen molar-refractivity contribution < 1.29 is 14.6 Å². The van der Waals surface area contributed by atoms with Crippen LogP contribution >= 0.6 is 0 Å². The number of imidazole rings is 1. The van der Waals surface area contributed by atoms with Crippen molar-refractivity contribution in [2.45, 2.75) is 44.8 Å². The van der Waals surface area contributed by atoms with Crippen molar-refractivity contribution in [2.75, 3.05) is 19.0 Å². The molecule has 0 radical (unpaired) electrons. The van der Waals surface area contributed by atoms with E-state index in [1.165, 1.54) is 12.7 Å². The second-order valence-corrected chi connectivity index (χ2v) is 7.52. The van der Waals surface area contributed by atoms with E-state index in [-0.39, 0.29) is 24.2 Å². The number of carbonyl (C=O) groups is 1. The first-order valence-electron chi connectivity index (χ1n) is 10.1. The van der Waals surface area contributed by atoms with Gasteiger partial charge in [0.1, 0.15) is 23.3 Å². The fraction of sp³-hybridized carbons (Fsp3) is 0.429. The Kier molecular flexibility index (Phi) is 5.54. The zero-order valence-corrected chi connectivity index (χ0v) is 17.0. The summed E-state index contributed by atoms with van der Waals surface area (Å²) in [6, 6.07) is 10.1. The Balaban J connectivity index is 1.77. The van der Waals surface area contributed by atoms with E-state index in [0.29, 0.717) is 30.4 Å². The van der Waals surface area contributed by atoms with Gasteiger partial charge in [-0.3, -0.25) is 13.9 Å². The van der Waals surface area contributed by atoms with Crippen LogP contribution in [-0.4, -0.2) is 49.9 Å². The van der Waals surface area contributed by atoms with Crippen LogP contribution < -0.4 is 11.0 Å². The number of methoxy groups -OCH3 is 1. The monoisotopic (exact) mass is 411 g/mol. The average Bonchev–Trinajstić information content (AvgIpc) is 3.34. The van der Waals surface area contributed by atoms with Gasteiger partial charge in [0.2, 0.25) is 0 Å². The molecule has 158 valence electrons. The Bertz CT molecular complexity index is 1080. The zero-order chi connectivity index (χ0) is 21.3. The van der Waals surface area contributed by atoms with Crippen LogP contribution in [0, 0.1) is 0 Å². The van der Waals surface area contributed by atoms with E-state index in [0.717, 1.165) is 12.8 Å². The molecule has 1 unspecified atom stereocenters. The van der Waals surface area contributed by atoms with E-state index in [9.17, 15) is 14.7 Å². The molecular weight excluding hydrogens is 386 g/mol. The third-order valence-electron chi connectivity index (χ3n) is 5.33. The van der Waals surface area contributed by atoms with Gasteiger partial charge in [-0.05, 0) is 18.4 Å². The predicted octanol–water partition coefficient (Wildman–Crippen LogP) is 1.81. The van der Waals surface area contributed by atoms with Crippen molar-refractivity contribution in [3.63, 3.8) is 0 Å². The maximum Gasteiger partial charge on any atom is 0.331 e. The molecule has 0 saturated carbocycles. The number of nitrogens with zero attached hydrogens (tertiary/aromatic N) is 4. The van der Waals surface area contributed by atoms with E-state index >= 15 is 0 Å². The molecule has 0 aliphatic carbocycles. The van der Waals surface area contributed by atoms with Crippen molar-refractivity contribution >= 4 is 11.8 Å². The third-order valence-corrected chi connectivity index (χ3v) is 5.33. The number of aliphatic carboxylic acids is 1. The highest BCUT2D eigenvalue weighted by atomic mass is 16.5. The average molecular weight is 411 g/mol. The van der Waals surface area contributed by atoms with Crippen LogP contribution in [0.5, 0.6) is 0 Å². The summed E-state index contributed by atoms with van der Waals surface area (Å²) in [5, 5.41) is 13.0. The number of anilines is 1. The molecule has 3 aliphatic rings. The van der Waals surface area contributed by atoms with Crippen molar-refractivity contribution in [3.8, 4) is 11.5 Å². The number of hydrogen-bond acceptors (Lipinski definition) is 6. The van der Waals surface area contributed by atoms with Gasteiger partial charge >= 0.3 is 11.7 Å². The SMILES string of the molecule is CCCn1c2nc(C(COC)C(=O)O)nc-2c2n(c1=O)C[C@@H](Cc1ccccc1)N2. The van der Waals surface area contributed by atoms with Crippen LogP contribution in [0.2, 0.25) is 0 Å². The number of hydrogen-bond donors (Lipinski definition) is 2. The molecular formula is C21H25N5O4. The van der Waals surface area contributed by atoms with Crippen LogP contribution in [-0.2, 0) is 29.0 Å². The summed E-state index contributed by atoms with van der Waals surface area (Å²) in [7, 11) is 1.44. The minimum atomic E-state index is -1.06. The van der Waals surface area contributed by atoms with Gasteiger partial charge < -0.3 is 15.2 Å². The molecule has 0 aromatic heterocycles. The van der Waals surface area contributed by atoms with Gasteiger partial charge in [-0.2, -0.15) is 0 Å². The van der Waals surface area contributed by atoms with Crippen LogP contribution in [0.15, 0.2) is 35.1 Å². The fourth-order valence-electron chi connectivity index (χ4n) is 3.95. The molecule has 4 rings (SSSR count). The van der Waals surface area contributed by atoms with E-state index in [2.05, 4.69) is 27.4 Å². The molecule has 3 heterocycles. The van der Waals surface area contributed by atoms with Gasteiger partial charge in [0.05, 0.1) is 6.61 Å². The fourth-order valence-corrected chi connectivity index (χ4v) is 3.95. The van der Waals surface area contributed by atoms with Crippen molar-refractivity contribution in [1.29, 1.82) is 0 Å². The topological polar surface area (TPSA) is 111 Å². The van der Waals surface area contributed by atoms with Crippen LogP contribution in [0.4, 0.5) is 5.82 Å². The Labute approximate surface area is 173 Å². The summed E-state index contributed by atoms with van der Waals surface area (Å²) in [6.45, 7) is 2.95. The second-order valence-electron chi connectivity index (χ2n) is 7.52. The highest BCUT2D eigenvalue weighted by molar-refractivity contribution is 5.77. The number of benzene rings is 1. The maximum atomic E-state index is 13.2. The highest BCUT2D eigenvalue weighted by Crippen LogP contribution is 2.32. The summed E-state index contributed by atoms with van der Waals surface area (Å²) < 4.78 is 8.32. The zero-order valence-electron chi connectivity index (χ0n) is 17.0. The smallest absolute Gasteiger partial charge is 0.331 e. The molecule has 0 fully saturated rings. The third kappa shape index (κ3) is 3.56. The second kappa shape index (κ2) is 8.27. The largest absolute Gasteiger partial charge is 0.481 e. The maximum absolute atomic E-state index is 13.2. The van der Waals surface area contributed by atoms with Gasteiger partial charge in [0.25, 0.3) is 0 Å². The summed E-state index contributed by atoms with van der Waals surface area (Å²) in [5.41, 5.74) is 1.54. The Morgan fingerprint density at radius 2 is 2.10 bits per heavy atom. The minimum absolute atomic E-state index is 0.0372. The number of nitrogens with one attached hydrogen (secondary N) is 1. The molecule has 0 amide bonds. The Morgan fingerprint density at radius 3 is 2.77 bits per heavy atom. The normalized spacial score (nSPS) is 16.4. The minimum Gasteiger partial charge on any atom is -0.481 e. The Morgan fingerprint density at radius 1 is 1.33 bits per heavy atom. The summed E-state index contributed by atoms with van der Waals surface area (Å²) >= 11 is 0. The summed E-state index contributed by atoms with van der Waals surface area (Å²) in [4.78, 5) is 33.9. The van der Waals surface area contributed by atoms with E-state index in [1.807, 2.05) is 25.1 Å². The lowest BCUT2D eigenvalue weighted by atomic mass is 10.1. The first-order valence-corrected chi connectivity index (χ1v) is 10.1.